The predicted molar refractivity (Wildman–Crippen MR) is 69.5 cm³/mol. The van der Waals surface area contributed by atoms with E-state index in [1.807, 2.05) is 13.8 Å². The monoisotopic (exact) mass is 293 g/mol. The van der Waals surface area contributed by atoms with Crippen LogP contribution >= 0.6 is 0 Å². The van der Waals surface area contributed by atoms with Crippen LogP contribution in [0.3, 0.4) is 0 Å². The molecule has 0 aliphatic heterocycles. The van der Waals surface area contributed by atoms with Crippen molar-refractivity contribution in [2.75, 3.05) is 0 Å². The minimum atomic E-state index is -1.19. The molecule has 9 heteroatoms. The van der Waals surface area contributed by atoms with Gasteiger partial charge in [0.15, 0.2) is 11.5 Å². The second-order valence-electron chi connectivity index (χ2n) is 4.83. The minimum absolute atomic E-state index is 0.0266. The molecule has 0 fully saturated rings. The van der Waals surface area contributed by atoms with Crippen LogP contribution in [0.25, 0.3) is 0 Å². The summed E-state index contributed by atoms with van der Waals surface area (Å²) in [6.45, 7) is 3.79. The average molecular weight is 293 g/mol. The van der Waals surface area contributed by atoms with Crippen molar-refractivity contribution in [1.29, 1.82) is 0 Å². The fourth-order valence-corrected chi connectivity index (χ4v) is 1.84. The van der Waals surface area contributed by atoms with Crippen molar-refractivity contribution in [3.8, 4) is 0 Å². The number of carboxylic acid groups (broad SMARTS) is 1. The van der Waals surface area contributed by atoms with Gasteiger partial charge in [0.1, 0.15) is 5.69 Å². The quantitative estimate of drug-likeness (QED) is 0.828. The number of aromatic carboxylic acids is 1. The van der Waals surface area contributed by atoms with E-state index in [9.17, 15) is 9.59 Å². The number of amides is 1. The number of carboxylic acids is 1. The van der Waals surface area contributed by atoms with Gasteiger partial charge < -0.3 is 14.9 Å². The summed E-state index contributed by atoms with van der Waals surface area (Å²) in [5, 5.41) is 19.1. The number of aromatic nitrogens is 4. The third kappa shape index (κ3) is 3.07. The minimum Gasteiger partial charge on any atom is -0.476 e. The number of rotatable bonds is 5. The molecule has 2 N–H and O–H groups in total. The van der Waals surface area contributed by atoms with E-state index in [-0.39, 0.29) is 17.3 Å². The first-order valence-electron chi connectivity index (χ1n) is 6.24. The largest absolute Gasteiger partial charge is 0.476 e. The maximum absolute atomic E-state index is 12.3. The van der Waals surface area contributed by atoms with Crippen LogP contribution in [0.5, 0.6) is 0 Å². The molecule has 0 aliphatic carbocycles. The third-order valence-corrected chi connectivity index (χ3v) is 2.94. The van der Waals surface area contributed by atoms with Crippen LogP contribution in [-0.2, 0) is 7.05 Å². The number of aryl methyl sites for hydroxylation is 1. The molecule has 0 aliphatic rings. The molecule has 112 valence electrons. The van der Waals surface area contributed by atoms with Gasteiger partial charge in [0.05, 0.1) is 6.04 Å². The molecule has 2 aromatic rings. The van der Waals surface area contributed by atoms with Gasteiger partial charge in [-0.3, -0.25) is 9.48 Å². The van der Waals surface area contributed by atoms with Gasteiger partial charge in [-0.2, -0.15) is 10.1 Å². The van der Waals surface area contributed by atoms with E-state index in [0.29, 0.717) is 5.82 Å². The van der Waals surface area contributed by atoms with E-state index in [2.05, 4.69) is 25.1 Å². The Labute approximate surface area is 120 Å². The van der Waals surface area contributed by atoms with Crippen LogP contribution in [0.2, 0.25) is 0 Å². The Morgan fingerprint density at radius 1 is 1.43 bits per heavy atom. The molecule has 2 rings (SSSR count). The Morgan fingerprint density at radius 2 is 2.14 bits per heavy atom. The zero-order valence-electron chi connectivity index (χ0n) is 11.8. The number of nitrogens with zero attached hydrogens (tertiary/aromatic N) is 4. The van der Waals surface area contributed by atoms with E-state index in [4.69, 9.17) is 5.11 Å². The van der Waals surface area contributed by atoms with Crippen LogP contribution in [-0.4, -0.2) is 36.9 Å². The highest BCUT2D eigenvalue weighted by molar-refractivity contribution is 5.95. The van der Waals surface area contributed by atoms with Crippen LogP contribution in [0, 0.1) is 5.92 Å². The highest BCUT2D eigenvalue weighted by Crippen LogP contribution is 2.18. The van der Waals surface area contributed by atoms with Gasteiger partial charge in [0, 0.05) is 13.1 Å². The van der Waals surface area contributed by atoms with Crippen LogP contribution in [0.1, 0.15) is 46.7 Å². The van der Waals surface area contributed by atoms with Gasteiger partial charge in [-0.05, 0) is 5.92 Å². The summed E-state index contributed by atoms with van der Waals surface area (Å²) in [5.74, 6) is -1.26. The summed E-state index contributed by atoms with van der Waals surface area (Å²) in [5.41, 5.74) is -0.0511. The van der Waals surface area contributed by atoms with E-state index >= 15 is 0 Å². The Bertz CT molecular complexity index is 647. The van der Waals surface area contributed by atoms with Crippen LogP contribution < -0.4 is 5.32 Å². The molecule has 0 saturated heterocycles. The van der Waals surface area contributed by atoms with Crippen LogP contribution in [0.15, 0.2) is 17.0 Å². The molecule has 21 heavy (non-hydrogen) atoms. The number of carbonyl (C=O) groups excluding carboxylic acids is 1. The van der Waals surface area contributed by atoms with Gasteiger partial charge in [0.2, 0.25) is 6.39 Å². The first kappa shape index (κ1) is 14.7. The predicted octanol–water partition coefficient (Wildman–Crippen LogP) is 0.628. The smallest absolute Gasteiger partial charge is 0.356 e. The van der Waals surface area contributed by atoms with E-state index in [1.54, 1.807) is 0 Å². The normalized spacial score (nSPS) is 12.4. The first-order valence-corrected chi connectivity index (χ1v) is 6.24. The lowest BCUT2D eigenvalue weighted by Crippen LogP contribution is -2.33. The van der Waals surface area contributed by atoms with Gasteiger partial charge in [0.25, 0.3) is 5.91 Å². The first-order chi connectivity index (χ1) is 9.90. The SMILES string of the molecule is CC(C)C(NC(=O)c1cc(C(=O)O)nn1C)c1ncon1. The molecular formula is C12H15N5O4. The molecular weight excluding hydrogens is 278 g/mol. The molecule has 0 aromatic carbocycles. The van der Waals surface area contributed by atoms with Crippen molar-refractivity contribution >= 4 is 11.9 Å². The lowest BCUT2D eigenvalue weighted by Gasteiger charge is -2.18. The Kier molecular flexibility index (Phi) is 4.01. The molecule has 1 atom stereocenters. The van der Waals surface area contributed by atoms with Gasteiger partial charge in [-0.15, -0.1) is 0 Å². The maximum atomic E-state index is 12.3. The van der Waals surface area contributed by atoms with E-state index in [0.717, 1.165) is 0 Å². The fourth-order valence-electron chi connectivity index (χ4n) is 1.84. The second kappa shape index (κ2) is 5.73. The molecule has 2 aromatic heterocycles. The maximum Gasteiger partial charge on any atom is 0.356 e. The molecule has 2 heterocycles. The van der Waals surface area contributed by atoms with Crippen molar-refractivity contribution in [1.82, 2.24) is 25.2 Å². The topological polar surface area (TPSA) is 123 Å². The standard InChI is InChI=1S/C12H15N5O4/c1-6(2)9(10-13-5-21-16-10)14-11(18)8-4-7(12(19)20)15-17(8)3/h4-6,9H,1-3H3,(H,14,18)(H,19,20). The van der Waals surface area contributed by atoms with Crippen molar-refractivity contribution in [2.24, 2.45) is 13.0 Å². The van der Waals surface area contributed by atoms with Gasteiger partial charge in [-0.1, -0.05) is 19.0 Å². The Hall–Kier alpha value is -2.71. The summed E-state index contributed by atoms with van der Waals surface area (Å²) in [7, 11) is 1.50. The molecule has 1 amide bonds. The number of hydrogen-bond acceptors (Lipinski definition) is 6. The van der Waals surface area contributed by atoms with Crippen molar-refractivity contribution < 1.29 is 19.2 Å². The third-order valence-electron chi connectivity index (χ3n) is 2.94. The molecule has 1 unspecified atom stereocenters. The van der Waals surface area contributed by atoms with Crippen molar-refractivity contribution in [2.45, 2.75) is 19.9 Å². The van der Waals surface area contributed by atoms with E-state index < -0.39 is 17.9 Å². The highest BCUT2D eigenvalue weighted by Gasteiger charge is 2.25. The summed E-state index contributed by atoms with van der Waals surface area (Å²) in [6.07, 6.45) is 1.18. The fraction of sp³-hybridized carbons (Fsp3) is 0.417. The zero-order chi connectivity index (χ0) is 15.6. The summed E-state index contributed by atoms with van der Waals surface area (Å²) in [6, 6.07) is 0.769. The molecule has 0 saturated carbocycles. The lowest BCUT2D eigenvalue weighted by atomic mass is 10.0. The average Bonchev–Trinajstić information content (AvgIpc) is 3.04. The number of nitrogens with one attached hydrogen (secondary N) is 1. The lowest BCUT2D eigenvalue weighted by molar-refractivity contribution is 0.0689. The van der Waals surface area contributed by atoms with Crippen molar-refractivity contribution in [3.05, 3.63) is 29.7 Å². The molecule has 9 nitrogen and oxygen atoms in total. The zero-order valence-corrected chi connectivity index (χ0v) is 11.8. The molecule has 0 spiro atoms. The molecule has 0 bridgehead atoms. The summed E-state index contributed by atoms with van der Waals surface area (Å²) >= 11 is 0. The summed E-state index contributed by atoms with van der Waals surface area (Å²) < 4.78 is 5.90. The Balaban J connectivity index is 2.22. The number of hydrogen-bond donors (Lipinski definition) is 2. The van der Waals surface area contributed by atoms with Gasteiger partial charge in [-0.25, -0.2) is 4.79 Å². The van der Waals surface area contributed by atoms with Crippen molar-refractivity contribution in [3.63, 3.8) is 0 Å². The Morgan fingerprint density at radius 3 is 2.62 bits per heavy atom. The van der Waals surface area contributed by atoms with E-state index in [1.165, 1.54) is 24.2 Å². The molecule has 0 radical (unpaired) electrons. The van der Waals surface area contributed by atoms with Gasteiger partial charge >= 0.3 is 5.97 Å². The van der Waals surface area contributed by atoms with Crippen LogP contribution in [0.4, 0.5) is 0 Å². The number of carbonyl (C=O) groups is 2. The summed E-state index contributed by atoms with van der Waals surface area (Å²) in [4.78, 5) is 27.1. The second-order valence-corrected chi connectivity index (χ2v) is 4.83. The highest BCUT2D eigenvalue weighted by atomic mass is 16.5.